The number of quaternary nitrogens is 1. The van der Waals surface area contributed by atoms with Crippen LogP contribution in [0.25, 0.3) is 0 Å². The number of ether oxygens (including phenoxy) is 2. The third kappa shape index (κ3) is 16.6. The molecule has 3 N–H and O–H groups in total. The van der Waals surface area contributed by atoms with Crippen molar-refractivity contribution in [3.8, 4) is 11.5 Å². The number of benzene rings is 1. The molecule has 1 rings (SSSR count). The number of phosphoric acid groups is 1. The molecule has 1 aromatic carbocycles. The lowest BCUT2D eigenvalue weighted by molar-refractivity contribution is -0.873. The fourth-order valence-electron chi connectivity index (χ4n) is 2.96. The molecule has 0 spiro atoms. The maximum absolute atomic E-state index is 12.2. The molecule has 0 aliphatic heterocycles. The van der Waals surface area contributed by atoms with E-state index in [2.05, 4.69) is 6.92 Å². The molecule has 2 atom stereocenters. The summed E-state index contributed by atoms with van der Waals surface area (Å²) in [6.07, 6.45) is 3.59. The Hall–Kier alpha value is -1.68. The summed E-state index contributed by atoms with van der Waals surface area (Å²) >= 11 is 0. The Kier molecular flexibility index (Phi) is 15.2. The molecule has 0 heterocycles. The number of nitrogens with zero attached hydrogens (tertiary/aromatic N) is 1. The lowest BCUT2D eigenvalue weighted by Gasteiger charge is -2.29. The highest BCUT2D eigenvalue weighted by Gasteiger charge is 2.31. The van der Waals surface area contributed by atoms with Gasteiger partial charge in [0.15, 0.2) is 0 Å². The van der Waals surface area contributed by atoms with E-state index < -0.39 is 19.9 Å². The van der Waals surface area contributed by atoms with Gasteiger partial charge < -0.3 is 29.4 Å². The van der Waals surface area contributed by atoms with E-state index in [0.29, 0.717) is 23.3 Å². The van der Waals surface area contributed by atoms with Crippen LogP contribution < -0.4 is 9.47 Å². The van der Waals surface area contributed by atoms with Gasteiger partial charge in [-0.2, -0.15) is 0 Å². The fraction of sp³-hybridized carbons (Fsp3) is 0.682. The molecule has 11 heteroatoms. The molecular weight excluding hydrogens is 453 g/mol. The van der Waals surface area contributed by atoms with E-state index in [1.165, 1.54) is 12.8 Å². The first-order valence-electron chi connectivity index (χ1n) is 11.0. The maximum atomic E-state index is 12.2. The maximum Gasteiger partial charge on any atom is 0.472 e. The summed E-state index contributed by atoms with van der Waals surface area (Å²) in [6.45, 7) is 3.30. The summed E-state index contributed by atoms with van der Waals surface area (Å²) in [6, 6.07) is 7.34. The molecule has 0 amide bonds. The lowest BCUT2D eigenvalue weighted by Crippen LogP contribution is -2.42. The average molecular weight is 494 g/mol. The molecule has 0 saturated carbocycles. The fourth-order valence-corrected chi connectivity index (χ4v) is 3.90. The number of likely N-dealkylation sites (N-methyl/N-ethyl adjacent to an activating group) is 1. The molecule has 0 fully saturated rings. The van der Waals surface area contributed by atoms with Gasteiger partial charge in [0.25, 0.3) is 0 Å². The minimum Gasteiger partial charge on any atom is -0.870 e. The summed E-state index contributed by atoms with van der Waals surface area (Å²) < 4.78 is 34.0. The number of hydrogen-bond donors (Lipinski definition) is 2. The van der Waals surface area contributed by atoms with E-state index >= 15 is 0 Å². The number of carbonyl (C=O) groups is 1. The van der Waals surface area contributed by atoms with Gasteiger partial charge in [-0.3, -0.25) is 13.8 Å². The quantitative estimate of drug-likeness (QED) is 0.177. The predicted molar refractivity (Wildman–Crippen MR) is 124 cm³/mol. The van der Waals surface area contributed by atoms with Crippen molar-refractivity contribution in [3.63, 3.8) is 0 Å². The molecule has 10 nitrogen and oxygen atoms in total. The molecule has 192 valence electrons. The van der Waals surface area contributed by atoms with E-state index in [0.717, 1.165) is 18.6 Å². The summed E-state index contributed by atoms with van der Waals surface area (Å²) in [4.78, 5) is 21.0. The predicted octanol–water partition coefficient (Wildman–Crippen LogP) is 3.92. The number of hydrogen-bond acceptors (Lipinski definition) is 7. The molecule has 0 saturated heterocycles. The van der Waals surface area contributed by atoms with Crippen molar-refractivity contribution in [2.24, 2.45) is 0 Å². The topological polar surface area (TPSA) is 142 Å². The number of aliphatic carboxylic acids is 1. The highest BCUT2D eigenvalue weighted by Crippen LogP contribution is 2.45. The number of phosphoric ester groups is 1. The molecule has 0 aliphatic carbocycles. The molecule has 1 unspecified atom stereocenters. The van der Waals surface area contributed by atoms with Crippen molar-refractivity contribution in [1.29, 1.82) is 0 Å². The lowest BCUT2D eigenvalue weighted by atomic mass is 10.2. The first kappa shape index (κ1) is 31.3. The number of rotatable bonds is 18. The normalized spacial score (nSPS) is 14.1. The molecule has 0 radical (unpaired) electrons. The monoisotopic (exact) mass is 493 g/mol. The standard InChI is InChI=1S/C22H38NO8P.H2O/c1-5-6-7-8-13-28-19-11-9-12-20(16-19)29-14-10-15-30-32(26,27)31-21(17-22(24)25)18-23(2,3)4;/h9,11-12,16,21H,5-8,10,13-15,17-18H2,1-4H3,(H-,24,25,26,27);1H2/t21-;/m1./s1. The van der Waals surface area contributed by atoms with Crippen LogP contribution in [0.2, 0.25) is 0 Å². The SMILES string of the molecule is CCCCCCOc1cccc(OCCCOP(=O)(O)O[C@H](CC(=O)O)C[N+](C)(C)C)c1.[OH-]. The van der Waals surface area contributed by atoms with Crippen LogP contribution >= 0.6 is 7.82 Å². The summed E-state index contributed by atoms with van der Waals surface area (Å²) in [5.74, 6) is 0.276. The van der Waals surface area contributed by atoms with Crippen LogP contribution in [0.15, 0.2) is 24.3 Å². The van der Waals surface area contributed by atoms with Gasteiger partial charge in [0.1, 0.15) is 24.1 Å². The summed E-state index contributed by atoms with van der Waals surface area (Å²) in [5, 5.41) is 9.01. The number of carboxylic acid groups (broad SMARTS) is 1. The second-order valence-corrected chi connectivity index (χ2v) is 10.1. The number of unbranched alkanes of at least 4 members (excludes halogenated alkanes) is 3. The van der Waals surface area contributed by atoms with Crippen molar-refractivity contribution in [1.82, 2.24) is 0 Å². The Morgan fingerprint density at radius 2 is 1.64 bits per heavy atom. The van der Waals surface area contributed by atoms with Gasteiger partial charge >= 0.3 is 13.8 Å². The van der Waals surface area contributed by atoms with Crippen LogP contribution in [0.5, 0.6) is 11.5 Å². The van der Waals surface area contributed by atoms with Crippen molar-refractivity contribution < 1.29 is 47.8 Å². The number of carboxylic acids is 1. The molecule has 0 aromatic heterocycles. The molecular formula is C22H40NO9P. The van der Waals surface area contributed by atoms with Crippen LogP contribution in [0.3, 0.4) is 0 Å². The third-order valence-corrected chi connectivity index (χ3v) is 5.39. The largest absolute Gasteiger partial charge is 0.870 e. The minimum absolute atomic E-state index is 0. The van der Waals surface area contributed by atoms with Crippen LogP contribution in [-0.2, 0) is 18.4 Å². The summed E-state index contributed by atoms with van der Waals surface area (Å²) in [5.41, 5.74) is 0. The zero-order valence-electron chi connectivity index (χ0n) is 20.1. The van der Waals surface area contributed by atoms with Gasteiger partial charge in [-0.15, -0.1) is 0 Å². The smallest absolute Gasteiger partial charge is 0.472 e. The highest BCUT2D eigenvalue weighted by atomic mass is 31.2. The van der Waals surface area contributed by atoms with Gasteiger partial charge in [0.05, 0.1) is 47.4 Å². The van der Waals surface area contributed by atoms with E-state index in [-0.39, 0.29) is 31.7 Å². The van der Waals surface area contributed by atoms with E-state index in [4.69, 9.17) is 23.6 Å². The minimum atomic E-state index is -4.38. The Bertz CT molecular complexity index is 724. The molecule has 0 aliphatic rings. The second-order valence-electron chi connectivity index (χ2n) is 8.69. The van der Waals surface area contributed by atoms with Gasteiger partial charge in [-0.25, -0.2) is 4.57 Å². The van der Waals surface area contributed by atoms with E-state index in [9.17, 15) is 14.3 Å². The van der Waals surface area contributed by atoms with Crippen LogP contribution in [0.4, 0.5) is 0 Å². The van der Waals surface area contributed by atoms with Gasteiger partial charge in [-0.1, -0.05) is 32.3 Å². The van der Waals surface area contributed by atoms with Crippen molar-refractivity contribution in [2.45, 2.75) is 51.6 Å². The van der Waals surface area contributed by atoms with Crippen LogP contribution in [-0.4, -0.2) is 79.5 Å². The van der Waals surface area contributed by atoms with Gasteiger partial charge in [0.2, 0.25) is 0 Å². The zero-order valence-corrected chi connectivity index (χ0v) is 21.0. The molecule has 1 aromatic rings. The first-order valence-corrected chi connectivity index (χ1v) is 12.5. The summed E-state index contributed by atoms with van der Waals surface area (Å²) in [7, 11) is 1.13. The van der Waals surface area contributed by atoms with Gasteiger partial charge in [-0.05, 0) is 18.6 Å². The zero-order chi connectivity index (χ0) is 24.0. The van der Waals surface area contributed by atoms with Crippen molar-refractivity contribution in [2.75, 3.05) is 47.5 Å². The van der Waals surface area contributed by atoms with Crippen LogP contribution in [0.1, 0.15) is 45.4 Å². The molecule has 33 heavy (non-hydrogen) atoms. The van der Waals surface area contributed by atoms with E-state index in [1.807, 2.05) is 45.4 Å². The Labute approximate surface area is 196 Å². The first-order chi connectivity index (χ1) is 15.0. The second kappa shape index (κ2) is 16.0. The van der Waals surface area contributed by atoms with Crippen molar-refractivity contribution >= 4 is 13.8 Å². The van der Waals surface area contributed by atoms with Crippen LogP contribution in [0, 0.1) is 0 Å². The third-order valence-electron chi connectivity index (χ3n) is 4.32. The van der Waals surface area contributed by atoms with Crippen molar-refractivity contribution in [3.05, 3.63) is 24.3 Å². The Balaban J connectivity index is 0.0000102. The van der Waals surface area contributed by atoms with Gasteiger partial charge in [0, 0.05) is 12.5 Å². The Morgan fingerprint density at radius 1 is 1.03 bits per heavy atom. The van der Waals surface area contributed by atoms with E-state index in [1.54, 1.807) is 0 Å². The Morgan fingerprint density at radius 3 is 2.18 bits per heavy atom. The highest BCUT2D eigenvalue weighted by molar-refractivity contribution is 7.47. The average Bonchev–Trinajstić information content (AvgIpc) is 2.65. The molecule has 0 bridgehead atoms.